The third-order valence-corrected chi connectivity index (χ3v) is 3.76. The number of benzene rings is 1. The van der Waals surface area contributed by atoms with Crippen LogP contribution in [0.2, 0.25) is 0 Å². The molecule has 118 valence electrons. The zero-order valence-corrected chi connectivity index (χ0v) is 12.8. The van der Waals surface area contributed by atoms with E-state index in [1.54, 1.807) is 32.0 Å². The molecular weight excluding hydrogens is 286 g/mol. The van der Waals surface area contributed by atoms with Crippen molar-refractivity contribution in [3.63, 3.8) is 0 Å². The first-order valence-electron chi connectivity index (χ1n) is 7.19. The van der Waals surface area contributed by atoms with Crippen molar-refractivity contribution in [2.75, 3.05) is 13.2 Å². The quantitative estimate of drug-likeness (QED) is 0.651. The predicted octanol–water partition coefficient (Wildman–Crippen LogP) is 1.15. The molecule has 0 saturated heterocycles. The lowest BCUT2D eigenvalue weighted by Crippen LogP contribution is -2.42. The summed E-state index contributed by atoms with van der Waals surface area (Å²) in [5.74, 6) is -2.46. The molecule has 1 heterocycles. The maximum absolute atomic E-state index is 12.4. The minimum Gasteiger partial charge on any atom is -0.466 e. The highest BCUT2D eigenvalue weighted by Crippen LogP contribution is 2.27. The minimum atomic E-state index is -1.02. The Balaban J connectivity index is 2.27. The van der Waals surface area contributed by atoms with Crippen LogP contribution in [-0.2, 0) is 9.53 Å². The fraction of sp³-hybridized carbons (Fsp3) is 0.438. The molecular formula is C16H19NO5. The monoisotopic (exact) mass is 305 g/mol. The number of rotatable bonds is 5. The molecule has 0 bridgehead atoms. The topological polar surface area (TPSA) is 83.9 Å². The number of amides is 2. The van der Waals surface area contributed by atoms with Crippen molar-refractivity contribution in [2.24, 2.45) is 5.92 Å². The van der Waals surface area contributed by atoms with Crippen LogP contribution in [0.1, 0.15) is 40.1 Å². The van der Waals surface area contributed by atoms with E-state index in [-0.39, 0.29) is 13.2 Å². The Morgan fingerprint density at radius 2 is 2.00 bits per heavy atom. The number of aliphatic hydroxyl groups is 1. The van der Waals surface area contributed by atoms with Crippen molar-refractivity contribution in [1.82, 2.24) is 4.90 Å². The lowest BCUT2D eigenvalue weighted by atomic mass is 10.0. The van der Waals surface area contributed by atoms with Crippen LogP contribution in [0.3, 0.4) is 0 Å². The number of esters is 1. The van der Waals surface area contributed by atoms with Crippen LogP contribution in [0, 0.1) is 12.8 Å². The first-order valence-corrected chi connectivity index (χ1v) is 7.19. The van der Waals surface area contributed by atoms with Crippen LogP contribution in [-0.4, -0.2) is 47.0 Å². The van der Waals surface area contributed by atoms with Gasteiger partial charge in [-0.1, -0.05) is 12.1 Å². The number of carbonyl (C=O) groups excluding carboxylic acids is 3. The van der Waals surface area contributed by atoms with Gasteiger partial charge in [-0.15, -0.1) is 0 Å². The molecule has 0 saturated carbocycles. The maximum Gasteiger partial charge on any atom is 0.313 e. The second-order valence-corrected chi connectivity index (χ2v) is 5.32. The summed E-state index contributed by atoms with van der Waals surface area (Å²) in [5, 5.41) is 9.76. The molecule has 22 heavy (non-hydrogen) atoms. The Morgan fingerprint density at radius 3 is 2.55 bits per heavy atom. The standard InChI is InChI=1S/C16H19NO5/c1-4-22-16(21)12(10(3)18)8-17-14(19)11-7-5-6-9(2)13(11)15(17)20/h5-7,10,12,18H,4,8H2,1-3H3/t10-,12-/m1/s1. The summed E-state index contributed by atoms with van der Waals surface area (Å²) in [5.41, 5.74) is 1.40. The zero-order chi connectivity index (χ0) is 16.4. The summed E-state index contributed by atoms with van der Waals surface area (Å²) in [6.07, 6.45) is -1.02. The highest BCUT2D eigenvalue weighted by Gasteiger charge is 2.40. The van der Waals surface area contributed by atoms with Crippen molar-refractivity contribution >= 4 is 17.8 Å². The lowest BCUT2D eigenvalue weighted by Gasteiger charge is -2.23. The van der Waals surface area contributed by atoms with Crippen molar-refractivity contribution in [3.05, 3.63) is 34.9 Å². The van der Waals surface area contributed by atoms with E-state index >= 15 is 0 Å². The largest absolute Gasteiger partial charge is 0.466 e. The average Bonchev–Trinajstić information content (AvgIpc) is 2.69. The summed E-state index contributed by atoms with van der Waals surface area (Å²) in [6.45, 7) is 4.82. The molecule has 1 aliphatic heterocycles. The Bertz CT molecular complexity index is 623. The number of hydrogen-bond donors (Lipinski definition) is 1. The van der Waals surface area contributed by atoms with Gasteiger partial charge in [0.05, 0.1) is 23.8 Å². The van der Waals surface area contributed by atoms with Gasteiger partial charge in [-0.25, -0.2) is 0 Å². The number of ether oxygens (including phenoxy) is 1. The van der Waals surface area contributed by atoms with Crippen LogP contribution >= 0.6 is 0 Å². The smallest absolute Gasteiger partial charge is 0.313 e. The van der Waals surface area contributed by atoms with Crippen molar-refractivity contribution < 1.29 is 24.2 Å². The fourth-order valence-corrected chi connectivity index (χ4v) is 2.54. The second-order valence-electron chi connectivity index (χ2n) is 5.32. The van der Waals surface area contributed by atoms with Crippen LogP contribution in [0.15, 0.2) is 18.2 Å². The molecule has 1 aromatic rings. The van der Waals surface area contributed by atoms with Gasteiger partial charge in [0.15, 0.2) is 0 Å². The van der Waals surface area contributed by atoms with Crippen LogP contribution in [0.4, 0.5) is 0 Å². The number of nitrogens with zero attached hydrogens (tertiary/aromatic N) is 1. The Morgan fingerprint density at radius 1 is 1.32 bits per heavy atom. The van der Waals surface area contributed by atoms with E-state index < -0.39 is 29.8 Å². The highest BCUT2D eigenvalue weighted by atomic mass is 16.5. The zero-order valence-electron chi connectivity index (χ0n) is 12.8. The number of aryl methyl sites for hydroxylation is 1. The number of imide groups is 1. The third kappa shape index (κ3) is 2.74. The molecule has 1 aromatic carbocycles. The SMILES string of the molecule is CCOC(=O)[C@H](CN1C(=O)c2cccc(C)c2C1=O)[C@@H](C)O. The van der Waals surface area contributed by atoms with Gasteiger partial charge in [-0.05, 0) is 32.4 Å². The molecule has 6 heteroatoms. The van der Waals surface area contributed by atoms with E-state index in [9.17, 15) is 19.5 Å². The number of fused-ring (bicyclic) bond motifs is 1. The molecule has 0 fully saturated rings. The summed E-state index contributed by atoms with van der Waals surface area (Å²) >= 11 is 0. The Kier molecular flexibility index (Phi) is 4.61. The van der Waals surface area contributed by atoms with E-state index in [0.717, 1.165) is 4.90 Å². The maximum atomic E-state index is 12.4. The highest BCUT2D eigenvalue weighted by molar-refractivity contribution is 6.22. The molecule has 1 aliphatic rings. The van der Waals surface area contributed by atoms with Crippen LogP contribution < -0.4 is 0 Å². The molecule has 6 nitrogen and oxygen atoms in total. The normalized spacial score (nSPS) is 16.5. The molecule has 0 unspecified atom stereocenters. The van der Waals surface area contributed by atoms with Gasteiger partial charge in [0.1, 0.15) is 5.92 Å². The van der Waals surface area contributed by atoms with Crippen molar-refractivity contribution in [3.8, 4) is 0 Å². The van der Waals surface area contributed by atoms with Crippen LogP contribution in [0.25, 0.3) is 0 Å². The molecule has 0 radical (unpaired) electrons. The van der Waals surface area contributed by atoms with Gasteiger partial charge in [0.2, 0.25) is 0 Å². The van der Waals surface area contributed by atoms with Crippen molar-refractivity contribution in [1.29, 1.82) is 0 Å². The molecule has 2 atom stereocenters. The van der Waals surface area contributed by atoms with E-state index in [1.807, 2.05) is 0 Å². The van der Waals surface area contributed by atoms with Gasteiger partial charge in [-0.3, -0.25) is 19.3 Å². The van der Waals surface area contributed by atoms with E-state index in [4.69, 9.17) is 4.74 Å². The van der Waals surface area contributed by atoms with E-state index in [0.29, 0.717) is 16.7 Å². The number of hydrogen-bond acceptors (Lipinski definition) is 5. The molecule has 0 spiro atoms. The molecule has 0 aliphatic carbocycles. The summed E-state index contributed by atoms with van der Waals surface area (Å²) in [6, 6.07) is 5.05. The van der Waals surface area contributed by atoms with Gasteiger partial charge in [0.25, 0.3) is 11.8 Å². The molecule has 2 rings (SSSR count). The summed E-state index contributed by atoms with van der Waals surface area (Å²) in [7, 11) is 0. The fourth-order valence-electron chi connectivity index (χ4n) is 2.54. The van der Waals surface area contributed by atoms with Crippen LogP contribution in [0.5, 0.6) is 0 Å². The van der Waals surface area contributed by atoms with Gasteiger partial charge in [0, 0.05) is 6.54 Å². The first-order chi connectivity index (χ1) is 10.4. The van der Waals surface area contributed by atoms with E-state index in [1.165, 1.54) is 6.92 Å². The minimum absolute atomic E-state index is 0.170. The van der Waals surface area contributed by atoms with Gasteiger partial charge >= 0.3 is 5.97 Å². The second kappa shape index (κ2) is 6.27. The molecule has 0 aromatic heterocycles. The number of carbonyl (C=O) groups is 3. The molecule has 2 amide bonds. The van der Waals surface area contributed by atoms with Gasteiger partial charge < -0.3 is 9.84 Å². The van der Waals surface area contributed by atoms with E-state index in [2.05, 4.69) is 0 Å². The summed E-state index contributed by atoms with van der Waals surface area (Å²) in [4.78, 5) is 37.7. The van der Waals surface area contributed by atoms with Crippen molar-refractivity contribution in [2.45, 2.75) is 26.9 Å². The lowest BCUT2D eigenvalue weighted by molar-refractivity contribution is -0.151. The first kappa shape index (κ1) is 16.2. The van der Waals surface area contributed by atoms with Gasteiger partial charge in [-0.2, -0.15) is 0 Å². The third-order valence-electron chi connectivity index (χ3n) is 3.76. The summed E-state index contributed by atoms with van der Waals surface area (Å²) < 4.78 is 4.90. The Labute approximate surface area is 128 Å². The number of aliphatic hydroxyl groups excluding tert-OH is 1. The molecule has 1 N–H and O–H groups in total. The predicted molar refractivity (Wildman–Crippen MR) is 78.3 cm³/mol. The average molecular weight is 305 g/mol. The Hall–Kier alpha value is -2.21.